The van der Waals surface area contributed by atoms with E-state index in [-0.39, 0.29) is 30.0 Å². The molecule has 1 N–H and O–H groups in total. The number of aromatic nitrogens is 1. The molecule has 0 bridgehead atoms. The van der Waals surface area contributed by atoms with Gasteiger partial charge in [-0.3, -0.25) is 4.79 Å². The molecule has 1 aromatic rings. The molecule has 3 heterocycles. The number of hydrogen-bond acceptors (Lipinski definition) is 6. The number of carbonyl (C=O) groups excluding carboxylic acids is 1. The van der Waals surface area contributed by atoms with Crippen molar-refractivity contribution in [2.24, 2.45) is 0 Å². The zero-order valence-corrected chi connectivity index (χ0v) is 11.5. The van der Waals surface area contributed by atoms with E-state index in [1.54, 1.807) is 0 Å². The van der Waals surface area contributed by atoms with Gasteiger partial charge in [-0.15, -0.1) is 0 Å². The van der Waals surface area contributed by atoms with E-state index < -0.39 is 5.79 Å². The van der Waals surface area contributed by atoms with Crippen LogP contribution in [-0.2, 0) is 14.2 Å². The molecule has 7 nitrogen and oxygen atoms in total. The van der Waals surface area contributed by atoms with E-state index in [4.69, 9.17) is 18.6 Å². The molecule has 1 aromatic heterocycles. The van der Waals surface area contributed by atoms with Gasteiger partial charge in [0.1, 0.15) is 12.2 Å². The lowest BCUT2D eigenvalue weighted by molar-refractivity contribution is -0.153. The summed E-state index contributed by atoms with van der Waals surface area (Å²) in [7, 11) is 0. The van der Waals surface area contributed by atoms with Crippen molar-refractivity contribution in [2.75, 3.05) is 13.2 Å². The number of nitrogens with zero attached hydrogens (tertiary/aromatic N) is 1. The van der Waals surface area contributed by atoms with E-state index in [0.717, 1.165) is 6.42 Å². The maximum atomic E-state index is 11.8. The normalized spacial score (nSPS) is 31.8. The van der Waals surface area contributed by atoms with Crippen LogP contribution in [0.25, 0.3) is 0 Å². The van der Waals surface area contributed by atoms with Gasteiger partial charge in [0, 0.05) is 13.2 Å². The first-order valence-corrected chi connectivity index (χ1v) is 6.69. The van der Waals surface area contributed by atoms with Crippen LogP contribution in [0.1, 0.15) is 30.8 Å². The van der Waals surface area contributed by atoms with E-state index in [1.165, 1.54) is 12.6 Å². The van der Waals surface area contributed by atoms with Gasteiger partial charge >= 0.3 is 0 Å². The summed E-state index contributed by atoms with van der Waals surface area (Å²) in [5.41, 5.74) is 0. The summed E-state index contributed by atoms with van der Waals surface area (Å²) in [4.78, 5) is 15.5. The molecule has 0 spiro atoms. The molecule has 3 unspecified atom stereocenters. The Morgan fingerprint density at radius 2 is 2.35 bits per heavy atom. The summed E-state index contributed by atoms with van der Waals surface area (Å²) in [6.07, 6.45) is 3.04. The van der Waals surface area contributed by atoms with Gasteiger partial charge in [-0.1, -0.05) is 0 Å². The molecule has 0 aliphatic carbocycles. The molecule has 2 fully saturated rings. The van der Waals surface area contributed by atoms with Crippen LogP contribution < -0.4 is 5.32 Å². The summed E-state index contributed by atoms with van der Waals surface area (Å²) in [6.45, 7) is 4.72. The molecule has 0 saturated carbocycles. The smallest absolute Gasteiger partial charge is 0.288 e. The Morgan fingerprint density at radius 1 is 1.50 bits per heavy atom. The van der Waals surface area contributed by atoms with Gasteiger partial charge in [0.2, 0.25) is 5.76 Å². The molecule has 2 aliphatic heterocycles. The first-order valence-electron chi connectivity index (χ1n) is 6.69. The van der Waals surface area contributed by atoms with E-state index >= 15 is 0 Å². The highest BCUT2D eigenvalue weighted by atomic mass is 16.8. The third-order valence-corrected chi connectivity index (χ3v) is 3.44. The van der Waals surface area contributed by atoms with Gasteiger partial charge < -0.3 is 23.9 Å². The van der Waals surface area contributed by atoms with Crippen LogP contribution in [0, 0.1) is 0 Å². The Morgan fingerprint density at radius 3 is 3.10 bits per heavy atom. The number of rotatable bonds is 3. The third kappa shape index (κ3) is 2.70. The monoisotopic (exact) mass is 282 g/mol. The van der Waals surface area contributed by atoms with Crippen molar-refractivity contribution in [3.8, 4) is 0 Å². The summed E-state index contributed by atoms with van der Waals surface area (Å²) in [5.74, 6) is -0.733. The number of amides is 1. The van der Waals surface area contributed by atoms with Gasteiger partial charge in [-0.25, -0.2) is 4.98 Å². The zero-order chi connectivity index (χ0) is 14.2. The Kier molecular flexibility index (Phi) is 3.49. The predicted octanol–water partition coefficient (Wildman–Crippen LogP) is 0.713. The highest BCUT2D eigenvalue weighted by molar-refractivity contribution is 5.90. The predicted molar refractivity (Wildman–Crippen MR) is 67.0 cm³/mol. The minimum absolute atomic E-state index is 0.0194. The summed E-state index contributed by atoms with van der Waals surface area (Å²) < 4.78 is 22.3. The fraction of sp³-hybridized carbons (Fsp3) is 0.692. The zero-order valence-electron chi connectivity index (χ0n) is 11.5. The van der Waals surface area contributed by atoms with Gasteiger partial charge in [0.25, 0.3) is 5.91 Å². The molecular weight excluding hydrogens is 264 g/mol. The van der Waals surface area contributed by atoms with Gasteiger partial charge in [-0.2, -0.15) is 0 Å². The maximum Gasteiger partial charge on any atom is 0.288 e. The summed E-state index contributed by atoms with van der Waals surface area (Å²) in [5, 5.41) is 2.76. The molecule has 2 saturated heterocycles. The number of oxazole rings is 1. The Hall–Kier alpha value is -1.44. The molecule has 3 rings (SSSR count). The second-order valence-electron chi connectivity index (χ2n) is 5.41. The number of carbonyl (C=O) groups is 1. The Bertz CT molecular complexity index is 473. The second-order valence-corrected chi connectivity index (χ2v) is 5.41. The number of fused-ring (bicyclic) bond motifs is 1. The van der Waals surface area contributed by atoms with Crippen molar-refractivity contribution in [2.45, 2.75) is 44.4 Å². The average molecular weight is 282 g/mol. The lowest BCUT2D eigenvalue weighted by atomic mass is 10.0. The van der Waals surface area contributed by atoms with Crippen molar-refractivity contribution < 1.29 is 23.4 Å². The highest BCUT2D eigenvalue weighted by Gasteiger charge is 2.47. The number of nitrogens with one attached hydrogen (secondary N) is 1. The van der Waals surface area contributed by atoms with Crippen LogP contribution in [0.4, 0.5) is 0 Å². The molecule has 110 valence electrons. The fourth-order valence-electron chi connectivity index (χ4n) is 2.62. The lowest BCUT2D eigenvalue weighted by Crippen LogP contribution is -2.48. The van der Waals surface area contributed by atoms with Crippen molar-refractivity contribution in [1.29, 1.82) is 0 Å². The SMILES string of the molecule is CC1(C)OC2CCOC(CNC(=O)c3cnco3)C2O1. The lowest BCUT2D eigenvalue weighted by Gasteiger charge is -2.31. The van der Waals surface area contributed by atoms with Crippen LogP contribution in [-0.4, -0.2) is 48.1 Å². The van der Waals surface area contributed by atoms with Gasteiger partial charge in [0.05, 0.1) is 12.3 Å². The Balaban J connectivity index is 1.58. The molecule has 1 amide bonds. The van der Waals surface area contributed by atoms with E-state index in [1.807, 2.05) is 13.8 Å². The Labute approximate surface area is 116 Å². The maximum absolute atomic E-state index is 11.8. The molecule has 20 heavy (non-hydrogen) atoms. The average Bonchev–Trinajstić information content (AvgIpc) is 3.01. The van der Waals surface area contributed by atoms with Gasteiger partial charge in [0.15, 0.2) is 12.2 Å². The highest BCUT2D eigenvalue weighted by Crippen LogP contribution is 2.34. The van der Waals surface area contributed by atoms with Gasteiger partial charge in [-0.05, 0) is 20.3 Å². The molecule has 0 aromatic carbocycles. The fourth-order valence-corrected chi connectivity index (χ4v) is 2.62. The third-order valence-electron chi connectivity index (χ3n) is 3.44. The van der Waals surface area contributed by atoms with Crippen molar-refractivity contribution >= 4 is 5.91 Å². The van der Waals surface area contributed by atoms with Crippen molar-refractivity contribution in [3.05, 3.63) is 18.4 Å². The van der Waals surface area contributed by atoms with E-state index in [0.29, 0.717) is 13.2 Å². The number of ether oxygens (including phenoxy) is 3. The van der Waals surface area contributed by atoms with Crippen LogP contribution in [0.3, 0.4) is 0 Å². The largest absolute Gasteiger partial charge is 0.438 e. The molecule has 3 atom stereocenters. The molecule has 7 heteroatoms. The molecular formula is C13H18N2O5. The van der Waals surface area contributed by atoms with E-state index in [9.17, 15) is 4.79 Å². The second kappa shape index (κ2) is 5.16. The van der Waals surface area contributed by atoms with Crippen LogP contribution in [0.15, 0.2) is 17.0 Å². The summed E-state index contributed by atoms with van der Waals surface area (Å²) in [6, 6.07) is 0. The first-order chi connectivity index (χ1) is 9.55. The molecule has 2 aliphatic rings. The van der Waals surface area contributed by atoms with E-state index in [2.05, 4.69) is 10.3 Å². The first kappa shape index (κ1) is 13.5. The number of hydrogen-bond donors (Lipinski definition) is 1. The summed E-state index contributed by atoms with van der Waals surface area (Å²) >= 11 is 0. The van der Waals surface area contributed by atoms with Crippen molar-refractivity contribution in [1.82, 2.24) is 10.3 Å². The van der Waals surface area contributed by atoms with Crippen molar-refractivity contribution in [3.63, 3.8) is 0 Å². The minimum Gasteiger partial charge on any atom is -0.438 e. The quantitative estimate of drug-likeness (QED) is 0.879. The van der Waals surface area contributed by atoms with Crippen LogP contribution in [0.5, 0.6) is 0 Å². The molecule has 0 radical (unpaired) electrons. The topological polar surface area (TPSA) is 82.8 Å². The minimum atomic E-state index is -0.601. The van der Waals surface area contributed by atoms with Crippen LogP contribution >= 0.6 is 0 Å². The van der Waals surface area contributed by atoms with Crippen LogP contribution in [0.2, 0.25) is 0 Å². The standard InChI is InChI=1S/C13H18N2O5/c1-13(2)19-8-3-4-17-9(11(8)20-13)6-15-12(16)10-5-14-7-18-10/h5,7-9,11H,3-4,6H2,1-2H3,(H,15,16).